The Labute approximate surface area is 117 Å². The maximum Gasteiger partial charge on any atom is 0.255 e. The van der Waals surface area contributed by atoms with Gasteiger partial charge in [0.25, 0.3) is 5.91 Å². The van der Waals surface area contributed by atoms with E-state index in [-0.39, 0.29) is 18.6 Å². The Morgan fingerprint density at radius 2 is 2.15 bits per heavy atom. The number of carbonyl (C=O) groups is 2. The van der Waals surface area contributed by atoms with E-state index in [1.165, 1.54) is 0 Å². The summed E-state index contributed by atoms with van der Waals surface area (Å²) in [5.41, 5.74) is 6.11. The van der Waals surface area contributed by atoms with Crippen molar-refractivity contribution in [3.05, 3.63) is 29.8 Å². The molecule has 6 heteroatoms. The summed E-state index contributed by atoms with van der Waals surface area (Å²) in [4.78, 5) is 21.6. The highest BCUT2D eigenvalue weighted by Gasteiger charge is 2.19. The number of nitrogens with one attached hydrogen (secondary N) is 2. The van der Waals surface area contributed by atoms with E-state index in [9.17, 15) is 9.59 Å². The van der Waals surface area contributed by atoms with Gasteiger partial charge in [-0.2, -0.15) is 0 Å². The normalized spacial score (nSPS) is 17.8. The second-order valence-electron chi connectivity index (χ2n) is 4.83. The lowest BCUT2D eigenvalue weighted by Crippen LogP contribution is -2.35. The molecule has 0 saturated carbocycles. The number of hydrogen-bond acceptors (Lipinski definition) is 4. The molecule has 1 unspecified atom stereocenters. The molecule has 2 amide bonds. The fraction of sp³-hybridized carbons (Fsp3) is 0.429. The minimum Gasteiger partial charge on any atom is -0.484 e. The topological polar surface area (TPSA) is 93.5 Å². The van der Waals surface area contributed by atoms with Crippen LogP contribution in [0.4, 0.5) is 0 Å². The molecule has 108 valence electrons. The van der Waals surface area contributed by atoms with Crippen LogP contribution in [0.5, 0.6) is 5.75 Å². The fourth-order valence-electron chi connectivity index (χ4n) is 2.08. The molecule has 1 fully saturated rings. The van der Waals surface area contributed by atoms with Crippen LogP contribution in [0.2, 0.25) is 0 Å². The molecule has 1 aliphatic heterocycles. The van der Waals surface area contributed by atoms with Gasteiger partial charge in [0.15, 0.2) is 6.61 Å². The Bertz CT molecular complexity index is 473. The summed E-state index contributed by atoms with van der Waals surface area (Å²) < 4.78 is 5.18. The molecule has 20 heavy (non-hydrogen) atoms. The highest BCUT2D eigenvalue weighted by atomic mass is 16.5. The van der Waals surface area contributed by atoms with Crippen LogP contribution in [0.25, 0.3) is 0 Å². The molecule has 1 aromatic rings. The molecule has 0 aromatic heterocycles. The van der Waals surface area contributed by atoms with Crippen molar-refractivity contribution in [3.8, 4) is 5.75 Å². The van der Waals surface area contributed by atoms with Crippen LogP contribution in [-0.4, -0.2) is 31.0 Å². The standard InChI is InChI=1S/C14H19N3O3/c15-13(18)9-20-12-4-1-10(2-5-12)7-16-8-11-3-6-14(19)17-11/h1-2,4-5,11,16H,3,6-9H2,(H2,15,18)(H,17,19). The molecule has 1 aliphatic rings. The zero-order chi connectivity index (χ0) is 14.4. The zero-order valence-electron chi connectivity index (χ0n) is 11.2. The molecule has 1 atom stereocenters. The molecular formula is C14H19N3O3. The first-order chi connectivity index (χ1) is 9.63. The van der Waals surface area contributed by atoms with Gasteiger partial charge in [-0.25, -0.2) is 0 Å². The number of nitrogens with two attached hydrogens (primary N) is 1. The Morgan fingerprint density at radius 1 is 1.40 bits per heavy atom. The van der Waals surface area contributed by atoms with Gasteiger partial charge in [-0.1, -0.05) is 12.1 Å². The third-order valence-electron chi connectivity index (χ3n) is 3.11. The predicted molar refractivity (Wildman–Crippen MR) is 74.0 cm³/mol. The van der Waals surface area contributed by atoms with E-state index < -0.39 is 5.91 Å². The lowest BCUT2D eigenvalue weighted by molar-refractivity contribution is -0.120. The van der Waals surface area contributed by atoms with Gasteiger partial charge >= 0.3 is 0 Å². The summed E-state index contributed by atoms with van der Waals surface area (Å²) >= 11 is 0. The maximum atomic E-state index is 11.0. The van der Waals surface area contributed by atoms with Crippen LogP contribution in [0, 0.1) is 0 Å². The lowest BCUT2D eigenvalue weighted by atomic mass is 10.2. The minimum atomic E-state index is -0.491. The third-order valence-corrected chi connectivity index (χ3v) is 3.11. The molecule has 6 nitrogen and oxygen atoms in total. The first-order valence-corrected chi connectivity index (χ1v) is 6.63. The van der Waals surface area contributed by atoms with E-state index in [2.05, 4.69) is 10.6 Å². The average molecular weight is 277 g/mol. The zero-order valence-corrected chi connectivity index (χ0v) is 11.2. The van der Waals surface area contributed by atoms with Crippen LogP contribution < -0.4 is 21.1 Å². The van der Waals surface area contributed by atoms with Gasteiger partial charge < -0.3 is 21.1 Å². The van der Waals surface area contributed by atoms with E-state index in [4.69, 9.17) is 10.5 Å². The van der Waals surface area contributed by atoms with Crippen molar-refractivity contribution in [1.29, 1.82) is 0 Å². The summed E-state index contributed by atoms with van der Waals surface area (Å²) in [5, 5.41) is 6.22. The van der Waals surface area contributed by atoms with Crippen LogP contribution >= 0.6 is 0 Å². The highest BCUT2D eigenvalue weighted by molar-refractivity contribution is 5.78. The van der Waals surface area contributed by atoms with Crippen molar-refractivity contribution in [2.24, 2.45) is 5.73 Å². The van der Waals surface area contributed by atoms with Crippen LogP contribution in [0.1, 0.15) is 18.4 Å². The Balaban J connectivity index is 1.70. The van der Waals surface area contributed by atoms with Crippen molar-refractivity contribution in [2.75, 3.05) is 13.2 Å². The molecule has 1 aromatic carbocycles. The number of benzene rings is 1. The lowest BCUT2D eigenvalue weighted by Gasteiger charge is -2.11. The number of amides is 2. The molecule has 0 spiro atoms. The Kier molecular flexibility index (Phi) is 4.95. The average Bonchev–Trinajstić information content (AvgIpc) is 2.83. The quantitative estimate of drug-likeness (QED) is 0.650. The highest BCUT2D eigenvalue weighted by Crippen LogP contribution is 2.12. The summed E-state index contributed by atoms with van der Waals surface area (Å²) in [7, 11) is 0. The van der Waals surface area contributed by atoms with Gasteiger partial charge in [0, 0.05) is 25.6 Å². The van der Waals surface area contributed by atoms with Crippen molar-refractivity contribution < 1.29 is 14.3 Å². The van der Waals surface area contributed by atoms with Gasteiger partial charge in [0.05, 0.1) is 0 Å². The SMILES string of the molecule is NC(=O)COc1ccc(CNCC2CCC(=O)N2)cc1. The fourth-order valence-corrected chi connectivity index (χ4v) is 2.08. The summed E-state index contributed by atoms with van der Waals surface area (Å²) in [6.07, 6.45) is 1.52. The van der Waals surface area contributed by atoms with Gasteiger partial charge in [0.2, 0.25) is 5.91 Å². The third kappa shape index (κ3) is 4.55. The summed E-state index contributed by atoms with van der Waals surface area (Å²) in [5.74, 6) is 0.262. The van der Waals surface area contributed by atoms with E-state index >= 15 is 0 Å². The smallest absolute Gasteiger partial charge is 0.255 e. The molecule has 2 rings (SSSR count). The van der Waals surface area contributed by atoms with Gasteiger partial charge in [-0.15, -0.1) is 0 Å². The van der Waals surface area contributed by atoms with E-state index in [0.717, 1.165) is 25.1 Å². The number of carbonyl (C=O) groups excluding carboxylic acids is 2. The van der Waals surface area contributed by atoms with Crippen LogP contribution in [-0.2, 0) is 16.1 Å². The number of ether oxygens (including phenoxy) is 1. The van der Waals surface area contributed by atoms with E-state index in [1.807, 2.05) is 12.1 Å². The molecule has 1 heterocycles. The molecule has 0 radical (unpaired) electrons. The van der Waals surface area contributed by atoms with Gasteiger partial charge in [-0.05, 0) is 24.1 Å². The largest absolute Gasteiger partial charge is 0.484 e. The molecule has 1 saturated heterocycles. The van der Waals surface area contributed by atoms with Crippen molar-refractivity contribution >= 4 is 11.8 Å². The summed E-state index contributed by atoms with van der Waals surface area (Å²) in [6.45, 7) is 1.38. The first kappa shape index (κ1) is 14.3. The molecular weight excluding hydrogens is 258 g/mol. The first-order valence-electron chi connectivity index (χ1n) is 6.63. The van der Waals surface area contributed by atoms with E-state index in [0.29, 0.717) is 12.2 Å². The van der Waals surface area contributed by atoms with Crippen molar-refractivity contribution in [1.82, 2.24) is 10.6 Å². The second kappa shape index (κ2) is 6.91. The molecule has 4 N–H and O–H groups in total. The van der Waals surface area contributed by atoms with Crippen LogP contribution in [0.3, 0.4) is 0 Å². The van der Waals surface area contributed by atoms with Crippen LogP contribution in [0.15, 0.2) is 24.3 Å². The Hall–Kier alpha value is -2.08. The molecule has 0 aliphatic carbocycles. The number of hydrogen-bond donors (Lipinski definition) is 3. The van der Waals surface area contributed by atoms with Gasteiger partial charge in [0.1, 0.15) is 5.75 Å². The van der Waals surface area contributed by atoms with E-state index in [1.54, 1.807) is 12.1 Å². The summed E-state index contributed by atoms with van der Waals surface area (Å²) in [6, 6.07) is 7.70. The Morgan fingerprint density at radius 3 is 2.75 bits per heavy atom. The number of rotatable bonds is 7. The second-order valence-corrected chi connectivity index (χ2v) is 4.83. The molecule has 0 bridgehead atoms. The monoisotopic (exact) mass is 277 g/mol. The van der Waals surface area contributed by atoms with Crippen molar-refractivity contribution in [3.63, 3.8) is 0 Å². The minimum absolute atomic E-state index is 0.112. The predicted octanol–water partition coefficient (Wildman–Crippen LogP) is -0.0811. The van der Waals surface area contributed by atoms with Gasteiger partial charge in [-0.3, -0.25) is 9.59 Å². The number of primary amides is 1. The maximum absolute atomic E-state index is 11.0. The van der Waals surface area contributed by atoms with Crippen molar-refractivity contribution in [2.45, 2.75) is 25.4 Å².